The third kappa shape index (κ3) is 1.96. The van der Waals surface area contributed by atoms with Crippen molar-refractivity contribution in [3.8, 4) is 0 Å². The fraction of sp³-hybridized carbons (Fsp3) is 0.917. The number of hydrogen-bond acceptors (Lipinski definition) is 3. The highest BCUT2D eigenvalue weighted by Gasteiger charge is 2.43. The molecule has 0 aromatic heterocycles. The SMILES string of the molecule is CC(C(=O)O)C(C)N1C2CCC1CC(N)C2. The molecule has 3 N–H and O–H groups in total. The number of aliphatic carboxylic acids is 1. The van der Waals surface area contributed by atoms with E-state index in [1.807, 2.05) is 6.92 Å². The Morgan fingerprint density at radius 3 is 2.25 bits per heavy atom. The van der Waals surface area contributed by atoms with Crippen LogP contribution in [0.4, 0.5) is 0 Å². The van der Waals surface area contributed by atoms with Crippen molar-refractivity contribution in [2.75, 3.05) is 0 Å². The number of carbonyl (C=O) groups is 1. The molecule has 0 amide bonds. The van der Waals surface area contributed by atoms with Gasteiger partial charge in [0.2, 0.25) is 0 Å². The van der Waals surface area contributed by atoms with E-state index < -0.39 is 5.97 Å². The number of nitrogens with two attached hydrogens (primary N) is 1. The molecule has 4 nitrogen and oxygen atoms in total. The molecule has 0 spiro atoms. The van der Waals surface area contributed by atoms with Gasteiger partial charge in [-0.25, -0.2) is 0 Å². The van der Waals surface area contributed by atoms with Gasteiger partial charge in [0.25, 0.3) is 0 Å². The molecule has 4 heteroatoms. The van der Waals surface area contributed by atoms with Crippen LogP contribution >= 0.6 is 0 Å². The molecule has 92 valence electrons. The molecule has 0 aromatic rings. The van der Waals surface area contributed by atoms with Crippen molar-refractivity contribution in [3.63, 3.8) is 0 Å². The molecule has 2 aliphatic heterocycles. The van der Waals surface area contributed by atoms with E-state index in [4.69, 9.17) is 10.8 Å². The lowest BCUT2D eigenvalue weighted by atomic mass is 9.92. The summed E-state index contributed by atoms with van der Waals surface area (Å²) in [6, 6.07) is 1.49. The van der Waals surface area contributed by atoms with Crippen molar-refractivity contribution in [1.82, 2.24) is 4.90 Å². The Morgan fingerprint density at radius 1 is 1.31 bits per heavy atom. The van der Waals surface area contributed by atoms with Gasteiger partial charge < -0.3 is 10.8 Å². The summed E-state index contributed by atoms with van der Waals surface area (Å²) in [5.41, 5.74) is 6.01. The molecular formula is C12H22N2O2. The van der Waals surface area contributed by atoms with Gasteiger partial charge in [0.1, 0.15) is 0 Å². The van der Waals surface area contributed by atoms with Crippen LogP contribution in [-0.2, 0) is 4.79 Å². The van der Waals surface area contributed by atoms with Crippen LogP contribution in [0, 0.1) is 5.92 Å². The molecule has 0 aliphatic carbocycles. The Labute approximate surface area is 96.8 Å². The van der Waals surface area contributed by atoms with Crippen molar-refractivity contribution < 1.29 is 9.90 Å². The van der Waals surface area contributed by atoms with Gasteiger partial charge >= 0.3 is 5.97 Å². The molecule has 2 aliphatic rings. The molecule has 2 rings (SSSR count). The first-order valence-corrected chi connectivity index (χ1v) is 6.26. The standard InChI is InChI=1S/C12H22N2O2/c1-7(12(15)16)8(2)14-10-3-4-11(14)6-9(13)5-10/h7-11H,3-6,13H2,1-2H3,(H,15,16). The second-order valence-electron chi connectivity index (χ2n) is 5.43. The molecule has 2 saturated heterocycles. The number of rotatable bonds is 3. The van der Waals surface area contributed by atoms with E-state index >= 15 is 0 Å². The van der Waals surface area contributed by atoms with Gasteiger partial charge in [-0.2, -0.15) is 0 Å². The molecule has 2 heterocycles. The monoisotopic (exact) mass is 226 g/mol. The lowest BCUT2D eigenvalue weighted by Crippen LogP contribution is -2.53. The summed E-state index contributed by atoms with van der Waals surface area (Å²) < 4.78 is 0. The van der Waals surface area contributed by atoms with E-state index in [0.29, 0.717) is 18.1 Å². The van der Waals surface area contributed by atoms with E-state index in [9.17, 15) is 4.79 Å². The number of carboxylic acids is 1. The lowest BCUT2D eigenvalue weighted by Gasteiger charge is -2.42. The van der Waals surface area contributed by atoms with Crippen molar-refractivity contribution in [2.45, 2.75) is 63.7 Å². The third-order valence-electron chi connectivity index (χ3n) is 4.41. The van der Waals surface area contributed by atoms with Gasteiger partial charge in [-0.3, -0.25) is 9.69 Å². The molecule has 0 aromatic carbocycles. The van der Waals surface area contributed by atoms with Gasteiger partial charge in [0, 0.05) is 24.2 Å². The summed E-state index contributed by atoms with van der Waals surface area (Å²) in [4.78, 5) is 13.4. The number of nitrogens with zero attached hydrogens (tertiary/aromatic N) is 1. The van der Waals surface area contributed by atoms with Crippen LogP contribution < -0.4 is 5.73 Å². The first-order valence-electron chi connectivity index (χ1n) is 6.26. The number of fused-ring (bicyclic) bond motifs is 2. The predicted molar refractivity (Wildman–Crippen MR) is 62.1 cm³/mol. The normalized spacial score (nSPS) is 38.3. The summed E-state index contributed by atoms with van der Waals surface area (Å²) in [6.45, 7) is 3.85. The van der Waals surface area contributed by atoms with Crippen molar-refractivity contribution in [2.24, 2.45) is 11.7 Å². The summed E-state index contributed by atoms with van der Waals surface area (Å²) in [6.07, 6.45) is 4.45. The highest BCUT2D eigenvalue weighted by atomic mass is 16.4. The van der Waals surface area contributed by atoms with E-state index in [-0.39, 0.29) is 12.0 Å². The van der Waals surface area contributed by atoms with Crippen molar-refractivity contribution in [3.05, 3.63) is 0 Å². The minimum atomic E-state index is -0.693. The fourth-order valence-electron chi connectivity index (χ4n) is 3.38. The largest absolute Gasteiger partial charge is 0.481 e. The minimum Gasteiger partial charge on any atom is -0.481 e. The van der Waals surface area contributed by atoms with Crippen LogP contribution in [0.1, 0.15) is 39.5 Å². The lowest BCUT2D eigenvalue weighted by molar-refractivity contribution is -0.144. The van der Waals surface area contributed by atoms with E-state index in [0.717, 1.165) is 12.8 Å². The number of carboxylic acid groups (broad SMARTS) is 1. The highest BCUT2D eigenvalue weighted by molar-refractivity contribution is 5.70. The maximum Gasteiger partial charge on any atom is 0.307 e. The molecule has 0 saturated carbocycles. The summed E-state index contributed by atoms with van der Waals surface area (Å²) in [5.74, 6) is -0.987. The average Bonchev–Trinajstić information content (AvgIpc) is 2.49. The number of hydrogen-bond donors (Lipinski definition) is 2. The zero-order chi connectivity index (χ0) is 11.9. The Bertz CT molecular complexity index is 268. The zero-order valence-electron chi connectivity index (χ0n) is 10.1. The third-order valence-corrected chi connectivity index (χ3v) is 4.41. The molecule has 2 bridgehead atoms. The van der Waals surface area contributed by atoms with Gasteiger partial charge in [-0.1, -0.05) is 6.92 Å². The van der Waals surface area contributed by atoms with Crippen LogP contribution in [0.15, 0.2) is 0 Å². The van der Waals surface area contributed by atoms with Gasteiger partial charge in [-0.05, 0) is 32.6 Å². The van der Waals surface area contributed by atoms with Crippen molar-refractivity contribution in [1.29, 1.82) is 0 Å². The summed E-state index contributed by atoms with van der Waals surface area (Å²) in [5, 5.41) is 9.08. The summed E-state index contributed by atoms with van der Waals surface area (Å²) >= 11 is 0. The Hall–Kier alpha value is -0.610. The second kappa shape index (κ2) is 4.34. The zero-order valence-corrected chi connectivity index (χ0v) is 10.1. The molecule has 16 heavy (non-hydrogen) atoms. The van der Waals surface area contributed by atoms with Gasteiger partial charge in [0.15, 0.2) is 0 Å². The quantitative estimate of drug-likeness (QED) is 0.755. The van der Waals surface area contributed by atoms with Gasteiger partial charge in [0.05, 0.1) is 5.92 Å². The van der Waals surface area contributed by atoms with E-state index in [1.165, 1.54) is 12.8 Å². The van der Waals surface area contributed by atoms with Crippen LogP contribution in [0.2, 0.25) is 0 Å². The van der Waals surface area contributed by atoms with Crippen LogP contribution in [0.25, 0.3) is 0 Å². The topological polar surface area (TPSA) is 66.6 Å². The second-order valence-corrected chi connectivity index (χ2v) is 5.43. The Kier molecular flexibility index (Phi) is 3.22. The van der Waals surface area contributed by atoms with Crippen LogP contribution in [0.3, 0.4) is 0 Å². The van der Waals surface area contributed by atoms with Gasteiger partial charge in [-0.15, -0.1) is 0 Å². The number of piperidine rings is 1. The molecule has 4 atom stereocenters. The minimum absolute atomic E-state index is 0.127. The highest BCUT2D eigenvalue weighted by Crippen LogP contribution is 2.37. The Morgan fingerprint density at radius 2 is 1.81 bits per heavy atom. The maximum absolute atomic E-state index is 11.0. The van der Waals surface area contributed by atoms with E-state index in [1.54, 1.807) is 6.92 Å². The van der Waals surface area contributed by atoms with E-state index in [2.05, 4.69) is 4.90 Å². The van der Waals surface area contributed by atoms with Crippen LogP contribution in [-0.4, -0.2) is 40.1 Å². The first kappa shape index (κ1) is 11.9. The fourth-order valence-corrected chi connectivity index (χ4v) is 3.38. The average molecular weight is 226 g/mol. The molecule has 0 radical (unpaired) electrons. The van der Waals surface area contributed by atoms with Crippen LogP contribution in [0.5, 0.6) is 0 Å². The predicted octanol–water partition coefficient (Wildman–Crippen LogP) is 1.05. The molecular weight excluding hydrogens is 204 g/mol. The smallest absolute Gasteiger partial charge is 0.307 e. The first-order chi connectivity index (χ1) is 7.50. The Balaban J connectivity index is 2.08. The molecule has 4 unspecified atom stereocenters. The van der Waals surface area contributed by atoms with Crippen molar-refractivity contribution >= 4 is 5.97 Å². The summed E-state index contributed by atoms with van der Waals surface area (Å²) in [7, 11) is 0. The maximum atomic E-state index is 11.0. The molecule has 2 fully saturated rings.